The first-order valence-corrected chi connectivity index (χ1v) is 10.1. The molecule has 0 bridgehead atoms. The van der Waals surface area contributed by atoms with Gasteiger partial charge >= 0.3 is 0 Å². The fourth-order valence-electron chi connectivity index (χ4n) is 4.04. The summed E-state index contributed by atoms with van der Waals surface area (Å²) in [5.74, 6) is 0.606. The number of carbonyl (C=O) groups excluding carboxylic acids is 2. The number of rotatable bonds is 4. The number of fused-ring (bicyclic) bond motifs is 3. The smallest absolute Gasteiger partial charge is 0.257 e. The number of amides is 2. The van der Waals surface area contributed by atoms with Crippen molar-refractivity contribution in [1.29, 1.82) is 0 Å². The van der Waals surface area contributed by atoms with E-state index in [4.69, 9.17) is 0 Å². The Morgan fingerprint density at radius 3 is 2.62 bits per heavy atom. The van der Waals surface area contributed by atoms with Crippen molar-refractivity contribution in [2.45, 2.75) is 32.6 Å². The van der Waals surface area contributed by atoms with Crippen molar-refractivity contribution < 1.29 is 9.59 Å². The van der Waals surface area contributed by atoms with E-state index in [2.05, 4.69) is 23.3 Å². The van der Waals surface area contributed by atoms with Crippen LogP contribution in [0, 0.1) is 5.92 Å². The molecule has 5 nitrogen and oxygen atoms in total. The molecule has 1 aliphatic carbocycles. The number of anilines is 1. The standard InChI is InChI=1S/C24H27N3O2/c1-15-7-12-21-20(13-15)18-5-4-6-19(23(18)26-21)24(29)25-17-10-8-16(9-11-17)14-22(28)27(2)3/h4-6,8-11,15,26H,7,12-14H2,1-3H3,(H,25,29). The van der Waals surface area contributed by atoms with Crippen molar-refractivity contribution in [3.8, 4) is 0 Å². The molecule has 0 aliphatic heterocycles. The zero-order valence-corrected chi connectivity index (χ0v) is 17.2. The lowest BCUT2D eigenvalue weighted by atomic mass is 9.87. The van der Waals surface area contributed by atoms with Gasteiger partial charge < -0.3 is 15.2 Å². The van der Waals surface area contributed by atoms with Crippen LogP contribution < -0.4 is 5.32 Å². The normalized spacial score (nSPS) is 15.8. The largest absolute Gasteiger partial charge is 0.358 e. The van der Waals surface area contributed by atoms with Crippen molar-refractivity contribution in [2.75, 3.05) is 19.4 Å². The van der Waals surface area contributed by atoms with Crippen LogP contribution in [0.25, 0.3) is 10.9 Å². The van der Waals surface area contributed by atoms with Gasteiger partial charge in [-0.25, -0.2) is 0 Å². The number of carbonyl (C=O) groups is 2. The van der Waals surface area contributed by atoms with E-state index in [9.17, 15) is 9.59 Å². The van der Waals surface area contributed by atoms with Crippen molar-refractivity contribution in [3.63, 3.8) is 0 Å². The van der Waals surface area contributed by atoms with Crippen LogP contribution in [0.5, 0.6) is 0 Å². The van der Waals surface area contributed by atoms with Gasteiger partial charge in [-0.2, -0.15) is 0 Å². The Kier molecular flexibility index (Phi) is 5.14. The summed E-state index contributed by atoms with van der Waals surface area (Å²) in [5, 5.41) is 4.15. The van der Waals surface area contributed by atoms with Gasteiger partial charge in [0, 0.05) is 30.9 Å². The molecule has 0 saturated carbocycles. The van der Waals surface area contributed by atoms with Crippen LogP contribution in [0.15, 0.2) is 42.5 Å². The molecule has 2 N–H and O–H groups in total. The van der Waals surface area contributed by atoms with Crippen LogP contribution in [-0.4, -0.2) is 35.8 Å². The molecular formula is C24H27N3O2. The molecule has 1 aromatic heterocycles. The van der Waals surface area contributed by atoms with Crippen LogP contribution >= 0.6 is 0 Å². The highest BCUT2D eigenvalue weighted by Gasteiger charge is 2.22. The number of likely N-dealkylation sites (N-methyl/N-ethyl adjacent to an activating group) is 1. The van der Waals surface area contributed by atoms with Gasteiger partial charge in [0.2, 0.25) is 5.91 Å². The predicted octanol–water partition coefficient (Wildman–Crippen LogP) is 4.18. The first-order chi connectivity index (χ1) is 13.9. The Labute approximate surface area is 171 Å². The molecule has 1 aliphatic rings. The van der Waals surface area contributed by atoms with Crippen molar-refractivity contribution in [2.24, 2.45) is 5.92 Å². The Morgan fingerprint density at radius 1 is 1.14 bits per heavy atom. The topological polar surface area (TPSA) is 65.2 Å². The van der Waals surface area contributed by atoms with Crippen LogP contribution in [-0.2, 0) is 24.1 Å². The third-order valence-corrected chi connectivity index (χ3v) is 5.78. The molecule has 1 unspecified atom stereocenters. The number of benzene rings is 2. The fourth-order valence-corrected chi connectivity index (χ4v) is 4.04. The number of aromatic amines is 1. The lowest BCUT2D eigenvalue weighted by Crippen LogP contribution is -2.23. The van der Waals surface area contributed by atoms with Gasteiger partial charge in [-0.05, 0) is 54.5 Å². The number of aromatic nitrogens is 1. The maximum absolute atomic E-state index is 13.0. The Bertz CT molecular complexity index is 1060. The average Bonchev–Trinajstić information content (AvgIpc) is 3.07. The quantitative estimate of drug-likeness (QED) is 0.703. The monoisotopic (exact) mass is 389 g/mol. The van der Waals surface area contributed by atoms with Crippen molar-refractivity contribution in [3.05, 3.63) is 64.8 Å². The number of H-pyrrole nitrogens is 1. The molecule has 2 amide bonds. The van der Waals surface area contributed by atoms with Crippen LogP contribution in [0.4, 0.5) is 5.69 Å². The summed E-state index contributed by atoms with van der Waals surface area (Å²) < 4.78 is 0. The van der Waals surface area contributed by atoms with E-state index in [0.29, 0.717) is 17.9 Å². The summed E-state index contributed by atoms with van der Waals surface area (Å²) in [6.07, 6.45) is 3.64. The number of aryl methyl sites for hydroxylation is 1. The molecule has 1 heterocycles. The van der Waals surface area contributed by atoms with Gasteiger partial charge in [0.1, 0.15) is 0 Å². The van der Waals surface area contributed by atoms with E-state index in [-0.39, 0.29) is 11.8 Å². The molecule has 0 fully saturated rings. The van der Waals surface area contributed by atoms with Gasteiger partial charge in [-0.3, -0.25) is 9.59 Å². The summed E-state index contributed by atoms with van der Waals surface area (Å²) in [4.78, 5) is 29.9. The molecule has 29 heavy (non-hydrogen) atoms. The summed E-state index contributed by atoms with van der Waals surface area (Å²) in [7, 11) is 3.49. The molecule has 150 valence electrons. The second-order valence-corrected chi connectivity index (χ2v) is 8.27. The highest BCUT2D eigenvalue weighted by Crippen LogP contribution is 2.33. The minimum absolute atomic E-state index is 0.0542. The zero-order valence-electron chi connectivity index (χ0n) is 17.2. The minimum atomic E-state index is -0.126. The minimum Gasteiger partial charge on any atom is -0.358 e. The van der Waals surface area contributed by atoms with E-state index >= 15 is 0 Å². The first kappa shape index (κ1) is 19.2. The molecule has 0 radical (unpaired) electrons. The summed E-state index contributed by atoms with van der Waals surface area (Å²) in [6.45, 7) is 2.29. The summed E-state index contributed by atoms with van der Waals surface area (Å²) in [5.41, 5.74) is 5.87. The van der Waals surface area contributed by atoms with Gasteiger partial charge in [0.15, 0.2) is 0 Å². The van der Waals surface area contributed by atoms with Crippen LogP contribution in [0.2, 0.25) is 0 Å². The van der Waals surface area contributed by atoms with Crippen LogP contribution in [0.1, 0.15) is 40.5 Å². The highest BCUT2D eigenvalue weighted by molar-refractivity contribution is 6.12. The number of nitrogens with zero attached hydrogens (tertiary/aromatic N) is 1. The van der Waals surface area contributed by atoms with E-state index in [1.807, 2.05) is 36.4 Å². The van der Waals surface area contributed by atoms with Gasteiger partial charge in [-0.15, -0.1) is 0 Å². The second kappa shape index (κ2) is 7.74. The Morgan fingerprint density at radius 2 is 1.90 bits per heavy atom. The summed E-state index contributed by atoms with van der Waals surface area (Å²) >= 11 is 0. The SMILES string of the molecule is CC1CCc2[nH]c3c(C(=O)Nc4ccc(CC(=O)N(C)C)cc4)cccc3c2C1. The molecule has 5 heteroatoms. The van der Waals surface area contributed by atoms with E-state index in [1.165, 1.54) is 17.7 Å². The summed E-state index contributed by atoms with van der Waals surface area (Å²) in [6, 6.07) is 13.4. The molecular weight excluding hydrogens is 362 g/mol. The van der Waals surface area contributed by atoms with Gasteiger partial charge in [0.05, 0.1) is 17.5 Å². The Balaban J connectivity index is 1.54. The maximum Gasteiger partial charge on any atom is 0.257 e. The second-order valence-electron chi connectivity index (χ2n) is 8.27. The molecule has 4 rings (SSSR count). The van der Waals surface area contributed by atoms with E-state index in [1.54, 1.807) is 19.0 Å². The molecule has 0 saturated heterocycles. The molecule has 2 aromatic carbocycles. The van der Waals surface area contributed by atoms with E-state index < -0.39 is 0 Å². The lowest BCUT2D eigenvalue weighted by molar-refractivity contribution is -0.127. The number of hydrogen-bond acceptors (Lipinski definition) is 2. The Hall–Kier alpha value is -3.08. The predicted molar refractivity (Wildman–Crippen MR) is 116 cm³/mol. The highest BCUT2D eigenvalue weighted by atomic mass is 16.2. The molecule has 1 atom stereocenters. The molecule has 0 spiro atoms. The first-order valence-electron chi connectivity index (χ1n) is 10.1. The fraction of sp³-hybridized carbons (Fsp3) is 0.333. The number of nitrogens with one attached hydrogen (secondary N) is 2. The lowest BCUT2D eigenvalue weighted by Gasteiger charge is -2.17. The van der Waals surface area contributed by atoms with E-state index in [0.717, 1.165) is 35.0 Å². The van der Waals surface area contributed by atoms with Crippen molar-refractivity contribution in [1.82, 2.24) is 9.88 Å². The third kappa shape index (κ3) is 3.90. The molecule has 3 aromatic rings. The average molecular weight is 389 g/mol. The number of para-hydroxylation sites is 1. The van der Waals surface area contributed by atoms with Crippen molar-refractivity contribution >= 4 is 28.4 Å². The van der Waals surface area contributed by atoms with Gasteiger partial charge in [-0.1, -0.05) is 31.2 Å². The third-order valence-electron chi connectivity index (χ3n) is 5.78. The van der Waals surface area contributed by atoms with Gasteiger partial charge in [0.25, 0.3) is 5.91 Å². The number of hydrogen-bond donors (Lipinski definition) is 2. The van der Waals surface area contributed by atoms with Crippen LogP contribution in [0.3, 0.4) is 0 Å². The zero-order chi connectivity index (χ0) is 20.5. The maximum atomic E-state index is 13.0.